The average Bonchev–Trinajstić information content (AvgIpc) is 2.36. The Morgan fingerprint density at radius 1 is 1.33 bits per heavy atom. The third kappa shape index (κ3) is 5.17. The van der Waals surface area contributed by atoms with Gasteiger partial charge in [0.1, 0.15) is 24.5 Å². The Kier molecular flexibility index (Phi) is 6.20. The molecule has 0 heterocycles. The summed E-state index contributed by atoms with van der Waals surface area (Å²) >= 11 is 0. The Morgan fingerprint density at radius 2 is 2.06 bits per heavy atom. The number of rotatable bonds is 7. The second-order valence-corrected chi connectivity index (χ2v) is 4.62. The van der Waals surface area contributed by atoms with Crippen molar-refractivity contribution in [1.29, 1.82) is 5.26 Å². The first-order chi connectivity index (χ1) is 8.63. The summed E-state index contributed by atoms with van der Waals surface area (Å²) in [5.41, 5.74) is 0.486. The second kappa shape index (κ2) is 7.70. The molecule has 1 rings (SSSR count). The molecule has 1 atom stereocenters. The van der Waals surface area contributed by atoms with Crippen LogP contribution >= 0.6 is 0 Å². The van der Waals surface area contributed by atoms with Gasteiger partial charge in [0, 0.05) is 6.54 Å². The van der Waals surface area contributed by atoms with Gasteiger partial charge < -0.3 is 15.2 Å². The quantitative estimate of drug-likeness (QED) is 0.768. The topological polar surface area (TPSA) is 65.3 Å². The van der Waals surface area contributed by atoms with Gasteiger partial charge in [-0.1, -0.05) is 26.0 Å². The van der Waals surface area contributed by atoms with Crippen LogP contribution in [0.3, 0.4) is 0 Å². The summed E-state index contributed by atoms with van der Waals surface area (Å²) in [6.45, 7) is 5.76. The summed E-state index contributed by atoms with van der Waals surface area (Å²) in [5.74, 6) is 1.07. The molecule has 2 N–H and O–H groups in total. The third-order valence-electron chi connectivity index (χ3n) is 2.37. The Morgan fingerprint density at radius 3 is 2.72 bits per heavy atom. The number of ether oxygens (including phenoxy) is 1. The molecule has 1 aromatic carbocycles. The van der Waals surface area contributed by atoms with E-state index in [-0.39, 0.29) is 6.61 Å². The van der Waals surface area contributed by atoms with Crippen molar-refractivity contribution in [3.05, 3.63) is 29.8 Å². The number of aliphatic hydroxyl groups excluding tert-OH is 1. The van der Waals surface area contributed by atoms with Gasteiger partial charge in [0.2, 0.25) is 0 Å². The highest BCUT2D eigenvalue weighted by Crippen LogP contribution is 2.16. The molecule has 98 valence electrons. The van der Waals surface area contributed by atoms with Crippen molar-refractivity contribution in [3.63, 3.8) is 0 Å². The summed E-state index contributed by atoms with van der Waals surface area (Å²) in [6.07, 6.45) is -0.574. The maximum atomic E-state index is 9.72. The van der Waals surface area contributed by atoms with E-state index >= 15 is 0 Å². The van der Waals surface area contributed by atoms with Crippen LogP contribution in [0.1, 0.15) is 19.4 Å². The van der Waals surface area contributed by atoms with Gasteiger partial charge in [0.15, 0.2) is 0 Å². The van der Waals surface area contributed by atoms with Crippen LogP contribution in [0.5, 0.6) is 5.75 Å². The summed E-state index contributed by atoms with van der Waals surface area (Å²) in [6, 6.07) is 9.07. The SMILES string of the molecule is CC(C)CNCC(O)COc1ccccc1C#N. The molecule has 4 heteroatoms. The molecule has 0 spiro atoms. The number of benzene rings is 1. The largest absolute Gasteiger partial charge is 0.489 e. The Hall–Kier alpha value is -1.57. The Balaban J connectivity index is 2.34. The molecule has 1 aromatic rings. The zero-order valence-electron chi connectivity index (χ0n) is 10.9. The van der Waals surface area contributed by atoms with E-state index in [1.165, 1.54) is 0 Å². The van der Waals surface area contributed by atoms with Gasteiger partial charge in [-0.05, 0) is 24.6 Å². The molecule has 0 radical (unpaired) electrons. The summed E-state index contributed by atoms with van der Waals surface area (Å²) in [4.78, 5) is 0. The van der Waals surface area contributed by atoms with Gasteiger partial charge in [-0.2, -0.15) is 5.26 Å². The minimum Gasteiger partial charge on any atom is -0.489 e. The van der Waals surface area contributed by atoms with Gasteiger partial charge in [-0.15, -0.1) is 0 Å². The van der Waals surface area contributed by atoms with Gasteiger partial charge >= 0.3 is 0 Å². The normalized spacial score (nSPS) is 12.2. The highest BCUT2D eigenvalue weighted by atomic mass is 16.5. The van der Waals surface area contributed by atoms with Crippen molar-refractivity contribution < 1.29 is 9.84 Å². The van der Waals surface area contributed by atoms with Crippen molar-refractivity contribution in [1.82, 2.24) is 5.32 Å². The number of hydrogen-bond donors (Lipinski definition) is 2. The lowest BCUT2D eigenvalue weighted by Crippen LogP contribution is -2.33. The van der Waals surface area contributed by atoms with Crippen LogP contribution in [-0.2, 0) is 0 Å². The Labute approximate surface area is 108 Å². The van der Waals surface area contributed by atoms with E-state index in [0.717, 1.165) is 6.54 Å². The summed E-state index contributed by atoms with van der Waals surface area (Å²) in [7, 11) is 0. The molecule has 0 aromatic heterocycles. The van der Waals surface area contributed by atoms with Crippen LogP contribution in [0, 0.1) is 17.2 Å². The molecule has 18 heavy (non-hydrogen) atoms. The van der Waals surface area contributed by atoms with Gasteiger partial charge in [-0.3, -0.25) is 0 Å². The van der Waals surface area contributed by atoms with Crippen LogP contribution in [0.2, 0.25) is 0 Å². The molecule has 1 unspecified atom stereocenters. The van der Waals surface area contributed by atoms with Gasteiger partial charge in [-0.25, -0.2) is 0 Å². The van der Waals surface area contributed by atoms with Crippen molar-refractivity contribution >= 4 is 0 Å². The first-order valence-electron chi connectivity index (χ1n) is 6.14. The molecule has 4 nitrogen and oxygen atoms in total. The number of nitrogens with zero attached hydrogens (tertiary/aromatic N) is 1. The first kappa shape index (κ1) is 14.5. The van der Waals surface area contributed by atoms with E-state index in [1.807, 2.05) is 0 Å². The monoisotopic (exact) mass is 248 g/mol. The standard InChI is InChI=1S/C14H20N2O2/c1-11(2)8-16-9-13(17)10-18-14-6-4-3-5-12(14)7-15/h3-6,11,13,16-17H,8-10H2,1-2H3. The lowest BCUT2D eigenvalue weighted by atomic mass is 10.2. The zero-order valence-corrected chi connectivity index (χ0v) is 10.9. The molecule has 0 saturated carbocycles. The fourth-order valence-electron chi connectivity index (χ4n) is 1.47. The number of hydrogen-bond acceptors (Lipinski definition) is 4. The molecule has 0 aliphatic rings. The van der Waals surface area contributed by atoms with Gasteiger partial charge in [0.05, 0.1) is 5.56 Å². The highest BCUT2D eigenvalue weighted by Gasteiger charge is 2.07. The van der Waals surface area contributed by atoms with Gasteiger partial charge in [0.25, 0.3) is 0 Å². The maximum absolute atomic E-state index is 9.72. The lowest BCUT2D eigenvalue weighted by Gasteiger charge is -2.14. The molecule has 0 aliphatic heterocycles. The molecular weight excluding hydrogens is 228 g/mol. The third-order valence-corrected chi connectivity index (χ3v) is 2.37. The van der Waals surface area contributed by atoms with E-state index in [4.69, 9.17) is 10.00 Å². The molecule has 0 aliphatic carbocycles. The summed E-state index contributed by atoms with van der Waals surface area (Å²) < 4.78 is 5.43. The van der Waals surface area contributed by atoms with Crippen molar-refractivity contribution in [2.24, 2.45) is 5.92 Å². The van der Waals surface area contributed by atoms with Crippen molar-refractivity contribution in [2.75, 3.05) is 19.7 Å². The van der Waals surface area contributed by atoms with Crippen LogP contribution in [0.4, 0.5) is 0 Å². The number of nitrogens with one attached hydrogen (secondary N) is 1. The Bertz CT molecular complexity index is 399. The number of aliphatic hydroxyl groups is 1. The predicted octanol–water partition coefficient (Wildman–Crippen LogP) is 1.54. The lowest BCUT2D eigenvalue weighted by molar-refractivity contribution is 0.105. The van der Waals surface area contributed by atoms with Crippen LogP contribution in [0.25, 0.3) is 0 Å². The summed E-state index contributed by atoms with van der Waals surface area (Å²) in [5, 5.41) is 21.8. The minimum atomic E-state index is -0.574. The first-order valence-corrected chi connectivity index (χ1v) is 6.14. The van der Waals surface area contributed by atoms with E-state index < -0.39 is 6.10 Å². The predicted molar refractivity (Wildman–Crippen MR) is 70.4 cm³/mol. The van der Waals surface area contributed by atoms with Crippen molar-refractivity contribution in [2.45, 2.75) is 20.0 Å². The van der Waals surface area contributed by atoms with E-state index in [1.54, 1.807) is 24.3 Å². The van der Waals surface area contributed by atoms with E-state index in [0.29, 0.717) is 23.8 Å². The minimum absolute atomic E-state index is 0.184. The fourth-order valence-corrected chi connectivity index (χ4v) is 1.47. The van der Waals surface area contributed by atoms with Crippen LogP contribution in [0.15, 0.2) is 24.3 Å². The molecular formula is C14H20N2O2. The average molecular weight is 248 g/mol. The second-order valence-electron chi connectivity index (χ2n) is 4.62. The van der Waals surface area contributed by atoms with E-state index in [2.05, 4.69) is 25.2 Å². The fraction of sp³-hybridized carbons (Fsp3) is 0.500. The van der Waals surface area contributed by atoms with Crippen molar-refractivity contribution in [3.8, 4) is 11.8 Å². The number of nitriles is 1. The molecule has 0 saturated heterocycles. The van der Waals surface area contributed by atoms with Crippen LogP contribution < -0.4 is 10.1 Å². The number of para-hydroxylation sites is 1. The highest BCUT2D eigenvalue weighted by molar-refractivity contribution is 5.42. The smallest absolute Gasteiger partial charge is 0.137 e. The molecule has 0 fully saturated rings. The molecule has 0 bridgehead atoms. The van der Waals surface area contributed by atoms with E-state index in [9.17, 15) is 5.11 Å². The van der Waals surface area contributed by atoms with Crippen LogP contribution in [-0.4, -0.2) is 30.9 Å². The molecule has 0 amide bonds. The maximum Gasteiger partial charge on any atom is 0.137 e. The zero-order chi connectivity index (χ0) is 13.4.